The van der Waals surface area contributed by atoms with Crippen molar-refractivity contribution in [1.29, 1.82) is 0 Å². The average Bonchev–Trinajstić information content (AvgIpc) is 3.24. The van der Waals surface area contributed by atoms with E-state index in [0.29, 0.717) is 52.2 Å². The maximum Gasteiger partial charge on any atom is 0.344 e. The minimum Gasteiger partial charge on any atom is -0.488 e. The normalized spacial score (nSPS) is 14.4. The van der Waals surface area contributed by atoms with E-state index in [1.165, 1.54) is 7.11 Å². The third kappa shape index (κ3) is 11.5. The second-order valence-electron chi connectivity index (χ2n) is 16.8. The molecule has 0 atom stereocenters. The molecule has 0 amide bonds. The van der Waals surface area contributed by atoms with Crippen LogP contribution in [0.4, 0.5) is 22.7 Å². The Morgan fingerprint density at radius 3 is 1.86 bits per heavy atom. The van der Waals surface area contributed by atoms with Gasteiger partial charge in [0, 0.05) is 93.5 Å². The van der Waals surface area contributed by atoms with Crippen LogP contribution in [-0.2, 0) is 33.4 Å². The largest absolute Gasteiger partial charge is 0.488 e. The molecule has 336 valence electrons. The highest BCUT2D eigenvalue weighted by Gasteiger charge is 2.34. The Kier molecular flexibility index (Phi) is 14.7. The lowest BCUT2D eigenvalue weighted by Crippen LogP contribution is -2.36. The zero-order valence-corrected chi connectivity index (χ0v) is 37.6. The molecule has 63 heavy (non-hydrogen) atoms. The molecular weight excluding hydrogens is 809 g/mol. The van der Waals surface area contributed by atoms with Gasteiger partial charge in [-0.2, -0.15) is 0 Å². The molecule has 0 spiro atoms. The molecule has 4 aromatic rings. The Bertz CT molecular complexity index is 2250. The average molecular weight is 867 g/mol. The number of benzene rings is 4. The number of esters is 2. The molecule has 15 heteroatoms. The number of ether oxygens (including phenoxy) is 7. The van der Waals surface area contributed by atoms with E-state index in [9.17, 15) is 19.2 Å². The van der Waals surface area contributed by atoms with Crippen molar-refractivity contribution in [3.05, 3.63) is 89.0 Å². The first-order valence-corrected chi connectivity index (χ1v) is 20.9. The molecule has 6 rings (SSSR count). The molecule has 0 unspecified atom stereocenters. The maximum atomic E-state index is 13.3. The molecule has 2 aliphatic heterocycles. The summed E-state index contributed by atoms with van der Waals surface area (Å²) in [6, 6.07) is 21.4. The van der Waals surface area contributed by atoms with Gasteiger partial charge in [-0.1, -0.05) is 18.2 Å². The first kappa shape index (κ1) is 46.0. The zero-order valence-electron chi connectivity index (χ0n) is 37.6. The fraction of sp³-hybridized carbons (Fsp3) is 0.417. The number of methoxy groups -OCH3 is 1. The van der Waals surface area contributed by atoms with Gasteiger partial charge < -0.3 is 52.8 Å². The van der Waals surface area contributed by atoms with Crippen molar-refractivity contribution in [1.82, 2.24) is 0 Å². The molecule has 0 aliphatic carbocycles. The minimum atomic E-state index is -0.760. The monoisotopic (exact) mass is 866 g/mol. The quantitative estimate of drug-likeness (QED) is 0.0846. The Morgan fingerprint density at radius 1 is 0.714 bits per heavy atom. The molecule has 2 aliphatic rings. The van der Waals surface area contributed by atoms with E-state index in [1.807, 2.05) is 110 Å². The fourth-order valence-corrected chi connectivity index (χ4v) is 7.43. The van der Waals surface area contributed by atoms with E-state index < -0.39 is 35.8 Å². The predicted octanol–water partition coefficient (Wildman–Crippen LogP) is 6.18. The highest BCUT2D eigenvalue weighted by atomic mass is 16.6. The lowest BCUT2D eigenvalue weighted by molar-refractivity contribution is -0.157. The second-order valence-corrected chi connectivity index (χ2v) is 16.8. The van der Waals surface area contributed by atoms with E-state index in [1.54, 1.807) is 31.7 Å². The topological polar surface area (TPSA) is 146 Å². The van der Waals surface area contributed by atoms with Gasteiger partial charge in [-0.25, -0.2) is 4.79 Å². The second kappa shape index (κ2) is 20.1. The maximum absolute atomic E-state index is 13.3. The van der Waals surface area contributed by atoms with Crippen LogP contribution in [0.5, 0.6) is 28.7 Å². The summed E-state index contributed by atoms with van der Waals surface area (Å²) in [5.41, 5.74) is 5.52. The number of ketones is 1. The summed E-state index contributed by atoms with van der Waals surface area (Å²) in [5.74, 6) is 0.363. The van der Waals surface area contributed by atoms with Crippen molar-refractivity contribution in [2.75, 3.05) is 114 Å². The molecule has 0 fully saturated rings. The summed E-state index contributed by atoms with van der Waals surface area (Å²) < 4.78 is 42.9. The van der Waals surface area contributed by atoms with Crippen LogP contribution in [-0.4, -0.2) is 124 Å². The summed E-state index contributed by atoms with van der Waals surface area (Å²) in [6.45, 7) is 7.52. The van der Waals surface area contributed by atoms with Crippen molar-refractivity contribution in [3.63, 3.8) is 0 Å². The molecule has 0 N–H and O–H groups in total. The van der Waals surface area contributed by atoms with Crippen molar-refractivity contribution in [2.24, 2.45) is 0 Å². The van der Waals surface area contributed by atoms with Crippen LogP contribution in [0.1, 0.15) is 48.9 Å². The van der Waals surface area contributed by atoms with Gasteiger partial charge in [-0.05, 0) is 63.6 Å². The summed E-state index contributed by atoms with van der Waals surface area (Å²) >= 11 is 0. The van der Waals surface area contributed by atoms with Gasteiger partial charge in [-0.3, -0.25) is 14.4 Å². The Balaban J connectivity index is 1.52. The third-order valence-electron chi connectivity index (χ3n) is 10.5. The number of hydrogen-bond donors (Lipinski definition) is 0. The highest BCUT2D eigenvalue weighted by Crippen LogP contribution is 2.52. The van der Waals surface area contributed by atoms with Gasteiger partial charge in [0.25, 0.3) is 0 Å². The number of carbonyl (C=O) groups is 4. The highest BCUT2D eigenvalue weighted by molar-refractivity contribution is 6.26. The minimum absolute atomic E-state index is 0.0403. The summed E-state index contributed by atoms with van der Waals surface area (Å²) in [5, 5.41) is 0. The Hall–Kier alpha value is -6.48. The number of carbonyl (C=O) groups excluding carboxylic acids is 4. The van der Waals surface area contributed by atoms with Crippen LogP contribution in [0, 0.1) is 6.92 Å². The van der Waals surface area contributed by atoms with Crippen molar-refractivity contribution in [3.8, 4) is 28.7 Å². The van der Waals surface area contributed by atoms with E-state index in [4.69, 9.17) is 33.2 Å². The SMILES string of the molecule is COC(=O)CN1CCOCCN(CC(=O)C=O)c2cc(OCC(=O)OC(C)(C)C)c(C3c4ccc(N(C)C)cc4Oc4cc(N(C)C)ccc43)cc2OCCOc2cc(C)ccc21. The van der Waals surface area contributed by atoms with Gasteiger partial charge in [0.1, 0.15) is 54.1 Å². The fourth-order valence-electron chi connectivity index (χ4n) is 7.43. The lowest BCUT2D eigenvalue weighted by atomic mass is 9.81. The number of Topliss-reactive ketones (excluding diaryl/α,β-unsaturated/α-hetero) is 1. The molecule has 4 aromatic carbocycles. The lowest BCUT2D eigenvalue weighted by Gasteiger charge is -2.33. The van der Waals surface area contributed by atoms with Crippen LogP contribution in [0.3, 0.4) is 0 Å². The molecule has 0 saturated carbocycles. The van der Waals surface area contributed by atoms with E-state index in [-0.39, 0.29) is 52.3 Å². The summed E-state index contributed by atoms with van der Waals surface area (Å²) in [6.07, 6.45) is 0.281. The van der Waals surface area contributed by atoms with Gasteiger partial charge in [0.15, 0.2) is 12.9 Å². The number of aldehydes is 1. The number of hydrogen-bond acceptors (Lipinski definition) is 15. The standard InChI is InChI=1S/C48H58N4O11/c1-31-10-15-38-43(22-31)59-20-21-60-44-25-37(47-35-13-11-32(49(5)6)23-41(35)62-42-24-33(50(7)8)12-14-36(42)47)40(61-30-46(56)63-48(2,3)4)26-39(44)51(27-34(54)29-53)16-18-58-19-17-52(38)28-45(55)57-9/h10-15,22-26,29,47H,16-21,27-28,30H2,1-9H3. The third-order valence-corrected chi connectivity index (χ3v) is 10.5. The molecule has 15 nitrogen and oxygen atoms in total. The van der Waals surface area contributed by atoms with Crippen LogP contribution in [0.25, 0.3) is 0 Å². The number of anilines is 4. The van der Waals surface area contributed by atoms with Crippen molar-refractivity contribution in [2.45, 2.75) is 39.2 Å². The number of fused-ring (bicyclic) bond motifs is 4. The van der Waals surface area contributed by atoms with Gasteiger partial charge in [0.05, 0.1) is 38.2 Å². The van der Waals surface area contributed by atoms with Gasteiger partial charge >= 0.3 is 11.9 Å². The van der Waals surface area contributed by atoms with Crippen LogP contribution >= 0.6 is 0 Å². The Labute approximate surface area is 369 Å². The molecule has 0 aromatic heterocycles. The van der Waals surface area contributed by atoms with Gasteiger partial charge in [0.2, 0.25) is 5.78 Å². The van der Waals surface area contributed by atoms with Crippen LogP contribution < -0.4 is 38.5 Å². The van der Waals surface area contributed by atoms with Crippen LogP contribution in [0.2, 0.25) is 0 Å². The predicted molar refractivity (Wildman–Crippen MR) is 241 cm³/mol. The number of aryl methyl sites for hydroxylation is 1. The molecule has 2 heterocycles. The molecule has 0 radical (unpaired) electrons. The zero-order chi connectivity index (χ0) is 45.4. The Morgan fingerprint density at radius 2 is 1.30 bits per heavy atom. The smallest absolute Gasteiger partial charge is 0.344 e. The number of nitrogens with zero attached hydrogens (tertiary/aromatic N) is 4. The van der Waals surface area contributed by atoms with E-state index in [2.05, 4.69) is 0 Å². The molecule has 0 bridgehead atoms. The van der Waals surface area contributed by atoms with E-state index in [0.717, 1.165) is 28.1 Å². The first-order chi connectivity index (χ1) is 30.0. The molecular formula is C48H58N4O11. The first-order valence-electron chi connectivity index (χ1n) is 20.9. The van der Waals surface area contributed by atoms with Crippen molar-refractivity contribution < 1.29 is 52.3 Å². The summed E-state index contributed by atoms with van der Waals surface area (Å²) in [4.78, 5) is 58.1. The van der Waals surface area contributed by atoms with Crippen LogP contribution in [0.15, 0.2) is 66.7 Å². The number of rotatable bonds is 11. The van der Waals surface area contributed by atoms with Crippen molar-refractivity contribution >= 4 is 46.8 Å². The van der Waals surface area contributed by atoms with Gasteiger partial charge in [-0.15, -0.1) is 0 Å². The van der Waals surface area contributed by atoms with E-state index >= 15 is 0 Å². The molecule has 0 saturated heterocycles. The summed E-state index contributed by atoms with van der Waals surface area (Å²) in [7, 11) is 9.18.